The molecule has 0 nitrogen and oxygen atoms in total. The summed E-state index contributed by atoms with van der Waals surface area (Å²) in [5.41, 5.74) is 0. The summed E-state index contributed by atoms with van der Waals surface area (Å²) in [4.78, 5) is 0. The standard InChI is InChI=1S/C11H25Si/c1-5-9-10-11-12(6-2,7-3)8-4/h11H,5-10H2,1-4H3. The van der Waals surface area contributed by atoms with E-state index in [1.54, 1.807) is 0 Å². The summed E-state index contributed by atoms with van der Waals surface area (Å²) in [5.74, 6) is 0. The van der Waals surface area contributed by atoms with E-state index in [9.17, 15) is 0 Å². The van der Waals surface area contributed by atoms with Crippen LogP contribution in [0.3, 0.4) is 0 Å². The normalized spacial score (nSPS) is 12.0. The van der Waals surface area contributed by atoms with Crippen molar-refractivity contribution >= 4 is 8.07 Å². The Morgan fingerprint density at radius 2 is 1.42 bits per heavy atom. The van der Waals surface area contributed by atoms with Gasteiger partial charge >= 0.3 is 0 Å². The highest BCUT2D eigenvalue weighted by Gasteiger charge is 2.25. The predicted octanol–water partition coefficient (Wildman–Crippen LogP) is 4.43. The third kappa shape index (κ3) is 3.75. The van der Waals surface area contributed by atoms with Crippen LogP contribution >= 0.6 is 0 Å². The summed E-state index contributed by atoms with van der Waals surface area (Å²) in [6, 6.07) is 7.05. The van der Waals surface area contributed by atoms with Gasteiger partial charge in [-0.25, -0.2) is 0 Å². The van der Waals surface area contributed by atoms with Crippen LogP contribution in [0, 0.1) is 6.04 Å². The number of hydrogen-bond acceptors (Lipinski definition) is 0. The van der Waals surface area contributed by atoms with Gasteiger partial charge in [0.05, 0.1) is 8.07 Å². The summed E-state index contributed by atoms with van der Waals surface area (Å²) in [5, 5.41) is 0. The first kappa shape index (κ1) is 12.2. The fraction of sp³-hybridized carbons (Fsp3) is 0.909. The van der Waals surface area contributed by atoms with E-state index in [-0.39, 0.29) is 0 Å². The van der Waals surface area contributed by atoms with Gasteiger partial charge in [0.25, 0.3) is 0 Å². The number of hydrogen-bond donors (Lipinski definition) is 0. The molecule has 0 aromatic carbocycles. The van der Waals surface area contributed by atoms with E-state index in [1.165, 1.54) is 37.4 Å². The molecule has 0 saturated heterocycles. The van der Waals surface area contributed by atoms with Crippen molar-refractivity contribution in [2.75, 3.05) is 0 Å². The average Bonchev–Trinajstić information content (AvgIpc) is 2.14. The fourth-order valence-electron chi connectivity index (χ4n) is 1.80. The molecule has 0 aromatic heterocycles. The zero-order valence-electron chi connectivity index (χ0n) is 9.32. The second-order valence-electron chi connectivity index (χ2n) is 3.77. The van der Waals surface area contributed by atoms with Gasteiger partial charge in [0.1, 0.15) is 0 Å². The van der Waals surface area contributed by atoms with E-state index in [1.807, 2.05) is 0 Å². The highest BCUT2D eigenvalue weighted by atomic mass is 28.3. The molecule has 0 spiro atoms. The van der Waals surface area contributed by atoms with Gasteiger partial charge in [-0.2, -0.15) is 0 Å². The Kier molecular flexibility index (Phi) is 6.82. The van der Waals surface area contributed by atoms with Gasteiger partial charge in [-0.3, -0.25) is 0 Å². The molecule has 0 aliphatic carbocycles. The molecule has 0 bridgehead atoms. The average molecular weight is 185 g/mol. The summed E-state index contributed by atoms with van der Waals surface area (Å²) in [6.07, 6.45) is 4.12. The Balaban J connectivity index is 3.76. The largest absolute Gasteiger partial charge is 0.0678 e. The summed E-state index contributed by atoms with van der Waals surface area (Å²) < 4.78 is 0. The molecule has 0 rings (SSSR count). The molecule has 0 saturated carbocycles. The van der Waals surface area contributed by atoms with Crippen molar-refractivity contribution < 1.29 is 0 Å². The van der Waals surface area contributed by atoms with E-state index in [2.05, 4.69) is 33.7 Å². The van der Waals surface area contributed by atoms with Gasteiger partial charge in [0.2, 0.25) is 0 Å². The van der Waals surface area contributed by atoms with Crippen LogP contribution < -0.4 is 0 Å². The second-order valence-corrected chi connectivity index (χ2v) is 9.02. The lowest BCUT2D eigenvalue weighted by atomic mass is 10.3. The van der Waals surface area contributed by atoms with Gasteiger partial charge in [0.15, 0.2) is 0 Å². The van der Waals surface area contributed by atoms with Crippen molar-refractivity contribution in [1.82, 2.24) is 0 Å². The van der Waals surface area contributed by atoms with Crippen molar-refractivity contribution in [1.29, 1.82) is 0 Å². The number of rotatable bonds is 7. The van der Waals surface area contributed by atoms with Gasteiger partial charge in [-0.1, -0.05) is 65.1 Å². The molecule has 0 unspecified atom stereocenters. The molecule has 73 valence electrons. The molecule has 0 aliphatic rings. The lowest BCUT2D eigenvalue weighted by molar-refractivity contribution is 0.796. The molecule has 0 atom stereocenters. The van der Waals surface area contributed by atoms with Crippen molar-refractivity contribution in [2.45, 2.75) is 65.1 Å². The van der Waals surface area contributed by atoms with Gasteiger partial charge in [-0.05, 0) is 6.04 Å². The van der Waals surface area contributed by atoms with E-state index in [4.69, 9.17) is 0 Å². The molecule has 0 aromatic rings. The van der Waals surface area contributed by atoms with Crippen LogP contribution in [0.5, 0.6) is 0 Å². The van der Waals surface area contributed by atoms with Crippen LogP contribution in [-0.2, 0) is 0 Å². The smallest absolute Gasteiger partial charge is 0.0558 e. The zero-order valence-corrected chi connectivity index (χ0v) is 10.3. The topological polar surface area (TPSA) is 0 Å². The maximum atomic E-state index is 2.70. The Morgan fingerprint density at radius 1 is 0.917 bits per heavy atom. The Morgan fingerprint density at radius 3 is 1.75 bits per heavy atom. The minimum absolute atomic E-state index is 0.880. The van der Waals surface area contributed by atoms with Crippen LogP contribution in [-0.4, -0.2) is 8.07 Å². The maximum absolute atomic E-state index is 2.70. The maximum Gasteiger partial charge on any atom is 0.0558 e. The fourth-order valence-corrected chi connectivity index (χ4v) is 4.98. The minimum atomic E-state index is -0.880. The van der Waals surface area contributed by atoms with E-state index < -0.39 is 8.07 Å². The number of unbranched alkanes of at least 4 members (excludes halogenated alkanes) is 2. The summed E-state index contributed by atoms with van der Waals surface area (Å²) >= 11 is 0. The minimum Gasteiger partial charge on any atom is -0.0678 e. The summed E-state index contributed by atoms with van der Waals surface area (Å²) in [6.45, 7) is 9.41. The first-order chi connectivity index (χ1) is 5.74. The van der Waals surface area contributed by atoms with Crippen molar-refractivity contribution in [3.05, 3.63) is 6.04 Å². The summed E-state index contributed by atoms with van der Waals surface area (Å²) in [7, 11) is -0.880. The monoisotopic (exact) mass is 185 g/mol. The molecule has 0 aliphatic heterocycles. The lowest BCUT2D eigenvalue weighted by Crippen LogP contribution is -2.32. The SMILES string of the molecule is CCCC[CH][Si](CC)(CC)CC. The van der Waals surface area contributed by atoms with Crippen molar-refractivity contribution in [3.8, 4) is 0 Å². The Bertz CT molecular complexity index is 86.9. The molecule has 0 heterocycles. The van der Waals surface area contributed by atoms with E-state index >= 15 is 0 Å². The molecule has 1 radical (unpaired) electrons. The predicted molar refractivity (Wildman–Crippen MR) is 61.0 cm³/mol. The molecular formula is C11H25Si. The van der Waals surface area contributed by atoms with Crippen LogP contribution in [0.2, 0.25) is 18.1 Å². The molecule has 12 heavy (non-hydrogen) atoms. The van der Waals surface area contributed by atoms with Crippen molar-refractivity contribution in [2.24, 2.45) is 0 Å². The van der Waals surface area contributed by atoms with Crippen LogP contribution in [0.1, 0.15) is 47.0 Å². The van der Waals surface area contributed by atoms with E-state index in [0.29, 0.717) is 0 Å². The van der Waals surface area contributed by atoms with Crippen LogP contribution in [0.4, 0.5) is 0 Å². The zero-order chi connectivity index (χ0) is 9.45. The quantitative estimate of drug-likeness (QED) is 0.406. The van der Waals surface area contributed by atoms with Crippen LogP contribution in [0.25, 0.3) is 0 Å². The molecule has 0 fully saturated rings. The second kappa shape index (κ2) is 6.70. The third-order valence-corrected chi connectivity index (χ3v) is 8.63. The highest BCUT2D eigenvalue weighted by molar-refractivity contribution is 6.82. The molecule has 1 heteroatoms. The van der Waals surface area contributed by atoms with Gasteiger partial charge in [0, 0.05) is 0 Å². The first-order valence-electron chi connectivity index (χ1n) is 5.59. The highest BCUT2D eigenvalue weighted by Crippen LogP contribution is 2.25. The molecule has 0 amide bonds. The van der Waals surface area contributed by atoms with E-state index in [0.717, 1.165) is 0 Å². The van der Waals surface area contributed by atoms with Crippen molar-refractivity contribution in [3.63, 3.8) is 0 Å². The first-order valence-corrected chi connectivity index (χ1v) is 8.28. The molecular weight excluding hydrogens is 160 g/mol. The lowest BCUT2D eigenvalue weighted by Gasteiger charge is -2.27. The Hall–Kier alpha value is 0.217. The van der Waals surface area contributed by atoms with Crippen LogP contribution in [0.15, 0.2) is 0 Å². The molecule has 0 N–H and O–H groups in total. The van der Waals surface area contributed by atoms with Gasteiger partial charge < -0.3 is 0 Å². The van der Waals surface area contributed by atoms with Gasteiger partial charge in [-0.15, -0.1) is 0 Å². The third-order valence-electron chi connectivity index (χ3n) is 3.25. The Labute approximate surface area is 79.8 Å².